The minimum Gasteiger partial charge on any atom is -0.490 e. The summed E-state index contributed by atoms with van der Waals surface area (Å²) >= 11 is 1.13. The van der Waals surface area contributed by atoms with Crippen LogP contribution >= 0.6 is 11.3 Å². The van der Waals surface area contributed by atoms with Crippen LogP contribution in [0.15, 0.2) is 77.9 Å². The number of amides is 2. The zero-order chi connectivity index (χ0) is 26.7. The summed E-state index contributed by atoms with van der Waals surface area (Å²) in [6.07, 6.45) is 1.49. The Morgan fingerprint density at radius 2 is 1.74 bits per heavy atom. The maximum Gasteiger partial charge on any atom is 0.257 e. The van der Waals surface area contributed by atoms with Gasteiger partial charge in [0.25, 0.3) is 5.91 Å². The standard InChI is InChI=1S/C28H27N5O4S/c1-19-8-7-11-22(16-19)36-14-15-37-24-13-6-4-10-21(24)18-29-31-25(34)17-26-32-33-28(38-26)30-27(35)23-12-5-3-9-20(23)2/h3-13,16,18H,14-15,17H2,1-2H3,(H,31,34)(H,30,33,35)/b29-18-. The van der Waals surface area contributed by atoms with Crippen LogP contribution in [-0.4, -0.2) is 41.4 Å². The molecule has 4 rings (SSSR count). The van der Waals surface area contributed by atoms with Crippen molar-refractivity contribution in [2.24, 2.45) is 5.10 Å². The van der Waals surface area contributed by atoms with Gasteiger partial charge in [-0.05, 0) is 55.3 Å². The van der Waals surface area contributed by atoms with E-state index in [-0.39, 0.29) is 18.2 Å². The third-order valence-corrected chi connectivity index (χ3v) is 6.14. The number of aryl methyl sites for hydroxylation is 2. The van der Waals surface area contributed by atoms with E-state index < -0.39 is 0 Å². The zero-order valence-corrected chi connectivity index (χ0v) is 21.8. The van der Waals surface area contributed by atoms with Crippen LogP contribution in [0.4, 0.5) is 5.13 Å². The molecule has 0 aliphatic carbocycles. The van der Waals surface area contributed by atoms with Gasteiger partial charge in [0.2, 0.25) is 11.0 Å². The molecule has 0 unspecified atom stereocenters. The van der Waals surface area contributed by atoms with Gasteiger partial charge in [-0.15, -0.1) is 10.2 Å². The van der Waals surface area contributed by atoms with Gasteiger partial charge in [-0.2, -0.15) is 5.10 Å². The summed E-state index contributed by atoms with van der Waals surface area (Å²) in [5.74, 6) is 0.778. The van der Waals surface area contributed by atoms with E-state index in [0.717, 1.165) is 28.2 Å². The molecule has 194 valence electrons. The van der Waals surface area contributed by atoms with Crippen LogP contribution in [-0.2, 0) is 11.2 Å². The minimum atomic E-state index is -0.362. The molecule has 4 aromatic rings. The highest BCUT2D eigenvalue weighted by atomic mass is 32.1. The van der Waals surface area contributed by atoms with Gasteiger partial charge in [-0.1, -0.05) is 53.8 Å². The van der Waals surface area contributed by atoms with Gasteiger partial charge >= 0.3 is 0 Å². The van der Waals surface area contributed by atoms with Crippen LogP contribution < -0.4 is 20.2 Å². The average Bonchev–Trinajstić information content (AvgIpc) is 3.34. The largest absolute Gasteiger partial charge is 0.490 e. The van der Waals surface area contributed by atoms with Crippen molar-refractivity contribution >= 4 is 34.5 Å². The van der Waals surface area contributed by atoms with E-state index in [1.165, 1.54) is 6.21 Å². The number of ether oxygens (including phenoxy) is 2. The molecule has 1 heterocycles. The highest BCUT2D eigenvalue weighted by Crippen LogP contribution is 2.19. The van der Waals surface area contributed by atoms with Crippen molar-refractivity contribution in [2.45, 2.75) is 20.3 Å². The number of hydrogen-bond donors (Lipinski definition) is 2. The Balaban J connectivity index is 1.24. The van der Waals surface area contributed by atoms with Crippen molar-refractivity contribution in [3.63, 3.8) is 0 Å². The van der Waals surface area contributed by atoms with E-state index in [4.69, 9.17) is 9.47 Å². The number of anilines is 1. The molecule has 38 heavy (non-hydrogen) atoms. The predicted octanol–water partition coefficient (Wildman–Crippen LogP) is 4.56. The lowest BCUT2D eigenvalue weighted by Gasteiger charge is -2.10. The van der Waals surface area contributed by atoms with Crippen LogP contribution in [0.2, 0.25) is 0 Å². The molecule has 0 spiro atoms. The van der Waals surface area contributed by atoms with Gasteiger partial charge in [0.05, 0.1) is 12.6 Å². The Labute approximate surface area is 224 Å². The monoisotopic (exact) mass is 529 g/mol. The fraction of sp³-hybridized carbons (Fsp3) is 0.179. The second kappa shape index (κ2) is 13.1. The third kappa shape index (κ3) is 7.71. The molecular weight excluding hydrogens is 502 g/mol. The van der Waals surface area contributed by atoms with Gasteiger partial charge in [0.1, 0.15) is 29.7 Å². The Morgan fingerprint density at radius 1 is 0.947 bits per heavy atom. The van der Waals surface area contributed by atoms with E-state index in [2.05, 4.69) is 26.0 Å². The molecule has 2 N–H and O–H groups in total. The number of para-hydroxylation sites is 1. The summed E-state index contributed by atoms with van der Waals surface area (Å²) in [5.41, 5.74) is 5.73. The number of nitrogens with zero attached hydrogens (tertiary/aromatic N) is 3. The number of aromatic nitrogens is 2. The first-order valence-electron chi connectivity index (χ1n) is 11.9. The fourth-order valence-electron chi connectivity index (χ4n) is 3.45. The van der Waals surface area contributed by atoms with E-state index in [9.17, 15) is 9.59 Å². The lowest BCUT2D eigenvalue weighted by molar-refractivity contribution is -0.120. The number of nitrogens with one attached hydrogen (secondary N) is 2. The Hall–Kier alpha value is -4.57. The second-order valence-corrected chi connectivity index (χ2v) is 9.35. The topological polar surface area (TPSA) is 115 Å². The van der Waals surface area contributed by atoms with Gasteiger partial charge < -0.3 is 9.47 Å². The van der Waals surface area contributed by atoms with Crippen LogP contribution in [0.1, 0.15) is 32.1 Å². The van der Waals surface area contributed by atoms with E-state index in [0.29, 0.717) is 40.2 Å². The van der Waals surface area contributed by atoms with Crippen molar-refractivity contribution in [1.82, 2.24) is 15.6 Å². The average molecular weight is 530 g/mol. The zero-order valence-electron chi connectivity index (χ0n) is 21.0. The van der Waals surface area contributed by atoms with Crippen molar-refractivity contribution < 1.29 is 19.1 Å². The maximum absolute atomic E-state index is 12.4. The number of rotatable bonds is 11. The lowest BCUT2D eigenvalue weighted by Crippen LogP contribution is -2.19. The molecule has 0 aliphatic heterocycles. The van der Waals surface area contributed by atoms with Crippen LogP contribution in [0.3, 0.4) is 0 Å². The smallest absolute Gasteiger partial charge is 0.257 e. The number of carbonyl (C=O) groups excluding carboxylic acids is 2. The molecule has 0 atom stereocenters. The highest BCUT2D eigenvalue weighted by molar-refractivity contribution is 7.15. The minimum absolute atomic E-state index is 0.0241. The summed E-state index contributed by atoms with van der Waals surface area (Å²) in [6, 6.07) is 22.5. The van der Waals surface area contributed by atoms with E-state index >= 15 is 0 Å². The van der Waals surface area contributed by atoms with Crippen LogP contribution in [0.5, 0.6) is 11.5 Å². The Bertz CT molecular complexity index is 1440. The maximum atomic E-state index is 12.4. The van der Waals surface area contributed by atoms with E-state index in [1.807, 2.05) is 74.5 Å². The van der Waals surface area contributed by atoms with Crippen molar-refractivity contribution in [2.75, 3.05) is 18.5 Å². The molecule has 0 fully saturated rings. The summed E-state index contributed by atoms with van der Waals surface area (Å²) in [4.78, 5) is 24.8. The molecule has 10 heteroatoms. The molecule has 1 aromatic heterocycles. The summed E-state index contributed by atoms with van der Waals surface area (Å²) in [5, 5.41) is 15.5. The molecule has 2 amide bonds. The van der Waals surface area contributed by atoms with Crippen LogP contribution in [0, 0.1) is 13.8 Å². The fourth-order valence-corrected chi connectivity index (χ4v) is 4.19. The third-order valence-electron chi connectivity index (χ3n) is 5.30. The summed E-state index contributed by atoms with van der Waals surface area (Å²) in [6.45, 7) is 4.61. The summed E-state index contributed by atoms with van der Waals surface area (Å²) < 4.78 is 11.6. The molecule has 0 bridgehead atoms. The number of carbonyl (C=O) groups is 2. The predicted molar refractivity (Wildman–Crippen MR) is 147 cm³/mol. The first-order chi connectivity index (χ1) is 18.5. The lowest BCUT2D eigenvalue weighted by atomic mass is 10.1. The van der Waals surface area contributed by atoms with Crippen molar-refractivity contribution in [3.05, 3.63) is 100 Å². The van der Waals surface area contributed by atoms with Crippen molar-refractivity contribution in [1.29, 1.82) is 0 Å². The molecule has 9 nitrogen and oxygen atoms in total. The normalized spacial score (nSPS) is 10.8. The van der Waals surface area contributed by atoms with Gasteiger partial charge in [0.15, 0.2) is 0 Å². The number of benzene rings is 3. The molecular formula is C28H27N5O4S. The summed E-state index contributed by atoms with van der Waals surface area (Å²) in [7, 11) is 0. The SMILES string of the molecule is Cc1cccc(OCCOc2ccccc2/C=N\NC(=O)Cc2nnc(NC(=O)c3ccccc3C)s2)c1. The molecule has 3 aromatic carbocycles. The number of hydrazone groups is 1. The van der Waals surface area contributed by atoms with Gasteiger partial charge in [-0.3, -0.25) is 14.9 Å². The number of hydrogen-bond acceptors (Lipinski definition) is 8. The molecule has 0 radical (unpaired) electrons. The second-order valence-electron chi connectivity index (χ2n) is 8.29. The Morgan fingerprint density at radius 3 is 2.58 bits per heavy atom. The Kier molecular flexibility index (Phi) is 9.14. The first-order valence-corrected chi connectivity index (χ1v) is 12.7. The first kappa shape index (κ1) is 26.5. The molecule has 0 saturated carbocycles. The van der Waals surface area contributed by atoms with E-state index in [1.54, 1.807) is 12.1 Å². The quantitative estimate of drug-likeness (QED) is 0.167. The van der Waals surface area contributed by atoms with Gasteiger partial charge in [-0.25, -0.2) is 5.43 Å². The van der Waals surface area contributed by atoms with Gasteiger partial charge in [0, 0.05) is 11.1 Å². The van der Waals surface area contributed by atoms with Crippen molar-refractivity contribution in [3.8, 4) is 11.5 Å². The highest BCUT2D eigenvalue weighted by Gasteiger charge is 2.13. The molecule has 0 aliphatic rings. The van der Waals surface area contributed by atoms with Crippen LogP contribution in [0.25, 0.3) is 0 Å². The molecule has 0 saturated heterocycles.